The van der Waals surface area contributed by atoms with E-state index in [2.05, 4.69) is 9.88 Å². The number of anilines is 1. The molecule has 0 radical (unpaired) electrons. The van der Waals surface area contributed by atoms with E-state index >= 15 is 0 Å². The van der Waals surface area contributed by atoms with E-state index in [1.807, 2.05) is 14.0 Å². The number of thiazole rings is 1. The van der Waals surface area contributed by atoms with Gasteiger partial charge in [0.15, 0.2) is 5.13 Å². The fourth-order valence-electron chi connectivity index (χ4n) is 1.87. The zero-order valence-corrected chi connectivity index (χ0v) is 10.3. The van der Waals surface area contributed by atoms with E-state index in [0.717, 1.165) is 24.5 Å². The summed E-state index contributed by atoms with van der Waals surface area (Å²) in [6.07, 6.45) is 1.79. The normalized spacial score (nSPS) is 22.8. The molecule has 0 bridgehead atoms. The minimum Gasteiger partial charge on any atom is -0.375 e. The van der Waals surface area contributed by atoms with E-state index in [1.165, 1.54) is 11.3 Å². The molecule has 1 amide bonds. The monoisotopic (exact) mass is 240 g/mol. The molecule has 1 fully saturated rings. The number of amides is 1. The number of nitrogens with zero attached hydrogens (tertiary/aromatic N) is 3. The number of carbonyl (C=O) groups excluding carboxylic acids is 1. The summed E-state index contributed by atoms with van der Waals surface area (Å²) in [5.74, 6) is 0.184. The number of hydrogen-bond acceptors (Lipinski definition) is 5. The second-order valence-corrected chi connectivity index (χ2v) is 5.22. The predicted octanol–water partition coefficient (Wildman–Crippen LogP) is 0.388. The van der Waals surface area contributed by atoms with Crippen molar-refractivity contribution in [2.45, 2.75) is 19.5 Å². The predicted molar refractivity (Wildman–Crippen MR) is 64.0 cm³/mol. The Kier molecular flexibility index (Phi) is 3.11. The van der Waals surface area contributed by atoms with Gasteiger partial charge in [0.25, 0.3) is 0 Å². The van der Waals surface area contributed by atoms with Crippen molar-refractivity contribution in [1.82, 2.24) is 14.8 Å². The Morgan fingerprint density at radius 3 is 3.00 bits per heavy atom. The standard InChI is InChI=1S/C10H16N4OS/c1-7-9(15)13(2)3-4-14(7)6-8-5-12-10(11)16-8/h5,7H,3-4,6H2,1-2H3,(H2,11,12). The summed E-state index contributed by atoms with van der Waals surface area (Å²) in [5.41, 5.74) is 5.58. The molecule has 5 nitrogen and oxygen atoms in total. The number of nitrogen functional groups attached to an aromatic ring is 1. The van der Waals surface area contributed by atoms with Gasteiger partial charge in [-0.1, -0.05) is 0 Å². The lowest BCUT2D eigenvalue weighted by atomic mass is 10.2. The summed E-state index contributed by atoms with van der Waals surface area (Å²) < 4.78 is 0. The summed E-state index contributed by atoms with van der Waals surface area (Å²) in [6, 6.07) is -0.0536. The first kappa shape index (κ1) is 11.3. The molecule has 0 aromatic carbocycles. The zero-order valence-electron chi connectivity index (χ0n) is 9.51. The topological polar surface area (TPSA) is 62.5 Å². The molecule has 1 aliphatic heterocycles. The molecular formula is C10H16N4OS. The summed E-state index contributed by atoms with van der Waals surface area (Å²) in [7, 11) is 1.85. The first-order valence-electron chi connectivity index (χ1n) is 5.27. The second-order valence-electron chi connectivity index (χ2n) is 4.07. The van der Waals surface area contributed by atoms with Crippen molar-refractivity contribution >= 4 is 22.4 Å². The van der Waals surface area contributed by atoms with E-state index in [1.54, 1.807) is 11.1 Å². The Balaban J connectivity index is 2.03. The summed E-state index contributed by atoms with van der Waals surface area (Å²) in [4.78, 5) is 20.8. The van der Waals surface area contributed by atoms with Crippen molar-refractivity contribution in [2.24, 2.45) is 0 Å². The summed E-state index contributed by atoms with van der Waals surface area (Å²) in [5, 5.41) is 0.586. The van der Waals surface area contributed by atoms with Gasteiger partial charge < -0.3 is 10.6 Å². The van der Waals surface area contributed by atoms with Gasteiger partial charge >= 0.3 is 0 Å². The third-order valence-electron chi connectivity index (χ3n) is 2.93. The molecule has 2 rings (SSSR count). The van der Waals surface area contributed by atoms with Crippen LogP contribution in [0, 0.1) is 0 Å². The maximum atomic E-state index is 11.8. The summed E-state index contributed by atoms with van der Waals surface area (Å²) in [6.45, 7) is 4.40. The Labute approximate surface area is 98.9 Å². The number of rotatable bonds is 2. The molecule has 0 aliphatic carbocycles. The minimum atomic E-state index is -0.0536. The van der Waals surface area contributed by atoms with E-state index in [0.29, 0.717) is 5.13 Å². The van der Waals surface area contributed by atoms with E-state index in [9.17, 15) is 4.79 Å². The highest BCUT2D eigenvalue weighted by molar-refractivity contribution is 7.15. The smallest absolute Gasteiger partial charge is 0.239 e. The third kappa shape index (κ3) is 2.17. The lowest BCUT2D eigenvalue weighted by molar-refractivity contribution is -0.139. The molecule has 1 aliphatic rings. The van der Waals surface area contributed by atoms with Gasteiger partial charge in [0.05, 0.1) is 6.04 Å². The van der Waals surface area contributed by atoms with Gasteiger partial charge in [-0.05, 0) is 6.92 Å². The molecule has 0 saturated carbocycles. The van der Waals surface area contributed by atoms with Crippen LogP contribution in [-0.2, 0) is 11.3 Å². The molecule has 1 aromatic rings. The van der Waals surface area contributed by atoms with Crippen LogP contribution >= 0.6 is 11.3 Å². The highest BCUT2D eigenvalue weighted by atomic mass is 32.1. The quantitative estimate of drug-likeness (QED) is 0.812. The lowest BCUT2D eigenvalue weighted by Gasteiger charge is -2.36. The molecule has 0 spiro atoms. The molecule has 2 heterocycles. The average molecular weight is 240 g/mol. The number of carbonyl (C=O) groups is 1. The van der Waals surface area contributed by atoms with Crippen LogP contribution in [0.2, 0.25) is 0 Å². The number of hydrogen-bond donors (Lipinski definition) is 1. The Morgan fingerprint density at radius 2 is 2.38 bits per heavy atom. The molecule has 1 aromatic heterocycles. The van der Waals surface area contributed by atoms with E-state index < -0.39 is 0 Å². The molecule has 2 N–H and O–H groups in total. The Hall–Kier alpha value is -1.14. The maximum Gasteiger partial charge on any atom is 0.239 e. The number of aromatic nitrogens is 1. The van der Waals surface area contributed by atoms with Crippen LogP contribution in [0.25, 0.3) is 0 Å². The van der Waals surface area contributed by atoms with Crippen LogP contribution in [0.3, 0.4) is 0 Å². The van der Waals surface area contributed by atoms with Crippen LogP contribution < -0.4 is 5.73 Å². The SMILES string of the molecule is CC1C(=O)N(C)CCN1Cc1cnc(N)s1. The van der Waals surface area contributed by atoms with Crippen molar-refractivity contribution in [3.8, 4) is 0 Å². The van der Waals surface area contributed by atoms with Gasteiger partial charge in [-0.2, -0.15) is 0 Å². The average Bonchev–Trinajstić information content (AvgIpc) is 2.65. The van der Waals surface area contributed by atoms with Crippen LogP contribution in [0.4, 0.5) is 5.13 Å². The minimum absolute atomic E-state index is 0.0536. The molecule has 6 heteroatoms. The zero-order chi connectivity index (χ0) is 11.7. The van der Waals surface area contributed by atoms with Crippen molar-refractivity contribution in [3.05, 3.63) is 11.1 Å². The number of piperazine rings is 1. The number of nitrogens with two attached hydrogens (primary N) is 1. The van der Waals surface area contributed by atoms with E-state index in [-0.39, 0.29) is 11.9 Å². The molecule has 1 atom stereocenters. The van der Waals surface area contributed by atoms with Gasteiger partial charge in [0.1, 0.15) is 0 Å². The maximum absolute atomic E-state index is 11.8. The largest absolute Gasteiger partial charge is 0.375 e. The van der Waals surface area contributed by atoms with Crippen molar-refractivity contribution in [1.29, 1.82) is 0 Å². The lowest BCUT2D eigenvalue weighted by Crippen LogP contribution is -2.53. The molecular weight excluding hydrogens is 224 g/mol. The van der Waals surface area contributed by atoms with E-state index in [4.69, 9.17) is 5.73 Å². The van der Waals surface area contributed by atoms with Gasteiger partial charge in [-0.3, -0.25) is 9.69 Å². The summed E-state index contributed by atoms with van der Waals surface area (Å²) >= 11 is 1.49. The molecule has 16 heavy (non-hydrogen) atoms. The van der Waals surface area contributed by atoms with Crippen molar-refractivity contribution < 1.29 is 4.79 Å². The van der Waals surface area contributed by atoms with Crippen LogP contribution in [0.15, 0.2) is 6.20 Å². The second kappa shape index (κ2) is 4.39. The molecule has 88 valence electrons. The first-order chi connectivity index (χ1) is 7.58. The third-order valence-corrected chi connectivity index (χ3v) is 3.75. The highest BCUT2D eigenvalue weighted by Gasteiger charge is 2.29. The van der Waals surface area contributed by atoms with Crippen molar-refractivity contribution in [3.63, 3.8) is 0 Å². The van der Waals surface area contributed by atoms with Gasteiger partial charge in [-0.15, -0.1) is 11.3 Å². The Morgan fingerprint density at radius 1 is 1.62 bits per heavy atom. The molecule has 1 unspecified atom stereocenters. The van der Waals surface area contributed by atoms with Gasteiger partial charge in [-0.25, -0.2) is 4.98 Å². The molecule has 1 saturated heterocycles. The fraction of sp³-hybridized carbons (Fsp3) is 0.600. The Bertz CT molecular complexity index is 392. The van der Waals surface area contributed by atoms with Gasteiger partial charge in [0, 0.05) is 37.8 Å². The highest BCUT2D eigenvalue weighted by Crippen LogP contribution is 2.19. The number of likely N-dealkylation sites (N-methyl/N-ethyl adjacent to an activating group) is 1. The van der Waals surface area contributed by atoms with Crippen LogP contribution in [0.5, 0.6) is 0 Å². The fourth-order valence-corrected chi connectivity index (χ4v) is 2.58. The van der Waals surface area contributed by atoms with Crippen molar-refractivity contribution in [2.75, 3.05) is 25.9 Å². The first-order valence-corrected chi connectivity index (χ1v) is 6.09. The van der Waals surface area contributed by atoms with Gasteiger partial charge in [0.2, 0.25) is 5.91 Å². The van der Waals surface area contributed by atoms with Crippen LogP contribution in [0.1, 0.15) is 11.8 Å². The van der Waals surface area contributed by atoms with Crippen LogP contribution in [-0.4, -0.2) is 46.9 Å².